The minimum Gasteiger partial charge on any atom is -0.331 e. The van der Waals surface area contributed by atoms with Gasteiger partial charge in [-0.05, 0) is 41.5 Å². The number of piperidine rings is 1. The van der Waals surface area contributed by atoms with Crippen LogP contribution in [0.25, 0.3) is 0 Å². The highest BCUT2D eigenvalue weighted by molar-refractivity contribution is 9.10. The van der Waals surface area contributed by atoms with Crippen LogP contribution in [0.1, 0.15) is 38.3 Å². The monoisotopic (exact) mass is 389 g/mol. The first kappa shape index (κ1) is 16.8. The van der Waals surface area contributed by atoms with Crippen molar-refractivity contribution in [1.82, 2.24) is 4.90 Å². The summed E-state index contributed by atoms with van der Waals surface area (Å²) in [6, 6.07) is 5.51. The normalized spacial score (nSPS) is 29.2. The highest BCUT2D eigenvalue weighted by Gasteiger charge is 2.59. The van der Waals surface area contributed by atoms with Crippen LogP contribution in [0, 0.1) is 5.41 Å². The fourth-order valence-corrected chi connectivity index (χ4v) is 4.64. The number of carbonyl (C=O) groups excluding carboxylic acids is 1. The molecule has 126 valence electrons. The molecule has 1 unspecified atom stereocenters. The summed E-state index contributed by atoms with van der Waals surface area (Å²) in [5.74, 6) is -1.71. The maximum Gasteiger partial charge on any atom is 0.471 e. The number of nitrogens with zero attached hydrogens (tertiary/aromatic N) is 1. The molecule has 0 radical (unpaired) electrons. The van der Waals surface area contributed by atoms with E-state index < -0.39 is 23.5 Å². The number of carbonyl (C=O) groups is 1. The first-order chi connectivity index (χ1) is 10.5. The van der Waals surface area contributed by atoms with Crippen LogP contribution in [0.3, 0.4) is 0 Å². The number of likely N-dealkylation sites (tertiary alicyclic amines) is 1. The molecule has 23 heavy (non-hydrogen) atoms. The second kappa shape index (κ2) is 4.98. The lowest BCUT2D eigenvalue weighted by Crippen LogP contribution is -2.66. The van der Waals surface area contributed by atoms with E-state index in [1.54, 1.807) is 0 Å². The molecule has 1 fully saturated rings. The fourth-order valence-electron chi connectivity index (χ4n) is 4.28. The van der Waals surface area contributed by atoms with Crippen molar-refractivity contribution in [1.29, 1.82) is 0 Å². The highest BCUT2D eigenvalue weighted by atomic mass is 79.9. The molecule has 0 aromatic heterocycles. The zero-order chi connectivity index (χ0) is 17.2. The molecular weight excluding hydrogens is 371 g/mol. The largest absolute Gasteiger partial charge is 0.471 e. The average molecular weight is 390 g/mol. The Bertz CT molecular complexity index is 670. The summed E-state index contributed by atoms with van der Waals surface area (Å²) in [4.78, 5) is 12.9. The molecule has 1 aromatic carbocycles. The van der Waals surface area contributed by atoms with Crippen molar-refractivity contribution in [2.75, 3.05) is 6.54 Å². The van der Waals surface area contributed by atoms with Gasteiger partial charge >= 0.3 is 12.1 Å². The Morgan fingerprint density at radius 2 is 1.96 bits per heavy atom. The zero-order valence-corrected chi connectivity index (χ0v) is 14.9. The van der Waals surface area contributed by atoms with Crippen molar-refractivity contribution in [3.63, 3.8) is 0 Å². The Kier molecular flexibility index (Phi) is 3.64. The third-order valence-electron chi connectivity index (χ3n) is 6.07. The Morgan fingerprint density at radius 3 is 2.57 bits per heavy atom. The van der Waals surface area contributed by atoms with Gasteiger partial charge in [0.1, 0.15) is 0 Å². The second-order valence-electron chi connectivity index (χ2n) is 7.32. The number of hydrogen-bond acceptors (Lipinski definition) is 1. The number of benzene rings is 1. The molecule has 2 bridgehead atoms. The maximum absolute atomic E-state index is 13.0. The van der Waals surface area contributed by atoms with Crippen molar-refractivity contribution in [3.8, 4) is 0 Å². The summed E-state index contributed by atoms with van der Waals surface area (Å²) >= 11 is 3.49. The summed E-state index contributed by atoms with van der Waals surface area (Å²) in [7, 11) is 0. The Labute approximate surface area is 142 Å². The Balaban J connectivity index is 2.11. The van der Waals surface area contributed by atoms with Gasteiger partial charge in [-0.1, -0.05) is 42.8 Å². The van der Waals surface area contributed by atoms with E-state index in [-0.39, 0.29) is 12.0 Å². The fraction of sp³-hybridized carbons (Fsp3) is 0.588. The zero-order valence-electron chi connectivity index (χ0n) is 13.3. The summed E-state index contributed by atoms with van der Waals surface area (Å²) in [5, 5.41) is 0. The molecule has 1 aliphatic heterocycles. The van der Waals surface area contributed by atoms with E-state index in [4.69, 9.17) is 0 Å². The number of halogens is 4. The van der Waals surface area contributed by atoms with Crippen LogP contribution >= 0.6 is 15.9 Å². The Hall–Kier alpha value is -1.04. The number of fused-ring (bicyclic) bond motifs is 4. The van der Waals surface area contributed by atoms with Crippen molar-refractivity contribution in [3.05, 3.63) is 33.8 Å². The van der Waals surface area contributed by atoms with Crippen molar-refractivity contribution < 1.29 is 18.0 Å². The molecule has 1 aromatic rings. The molecule has 6 heteroatoms. The van der Waals surface area contributed by atoms with Gasteiger partial charge in [-0.15, -0.1) is 0 Å². The third kappa shape index (κ3) is 2.32. The first-order valence-electron chi connectivity index (χ1n) is 7.65. The van der Waals surface area contributed by atoms with Crippen LogP contribution in [0.4, 0.5) is 13.2 Å². The lowest BCUT2D eigenvalue weighted by molar-refractivity contribution is -0.195. The van der Waals surface area contributed by atoms with Gasteiger partial charge in [0.25, 0.3) is 0 Å². The van der Waals surface area contributed by atoms with Crippen LogP contribution in [0.15, 0.2) is 22.7 Å². The van der Waals surface area contributed by atoms with Gasteiger partial charge in [0.05, 0.1) is 0 Å². The lowest BCUT2D eigenvalue weighted by atomic mass is 9.51. The molecule has 2 atom stereocenters. The molecule has 0 spiro atoms. The van der Waals surface area contributed by atoms with E-state index in [1.807, 2.05) is 26.0 Å². The summed E-state index contributed by atoms with van der Waals surface area (Å²) < 4.78 is 39.8. The molecule has 2 nitrogen and oxygen atoms in total. The average Bonchev–Trinajstić information content (AvgIpc) is 2.42. The van der Waals surface area contributed by atoms with Crippen LogP contribution in [0.2, 0.25) is 0 Å². The predicted octanol–water partition coefficient (Wildman–Crippen LogP) is 4.45. The van der Waals surface area contributed by atoms with E-state index in [0.717, 1.165) is 14.9 Å². The van der Waals surface area contributed by atoms with Gasteiger partial charge in [0, 0.05) is 22.5 Å². The van der Waals surface area contributed by atoms with Crippen LogP contribution in [0.5, 0.6) is 0 Å². The molecule has 1 amide bonds. The van der Waals surface area contributed by atoms with E-state index in [9.17, 15) is 18.0 Å². The quantitative estimate of drug-likeness (QED) is 0.641. The number of amides is 1. The second-order valence-corrected chi connectivity index (χ2v) is 8.24. The lowest BCUT2D eigenvalue weighted by Gasteiger charge is -2.60. The maximum atomic E-state index is 13.0. The topological polar surface area (TPSA) is 20.3 Å². The van der Waals surface area contributed by atoms with E-state index >= 15 is 0 Å². The van der Waals surface area contributed by atoms with Crippen molar-refractivity contribution in [2.24, 2.45) is 5.41 Å². The highest BCUT2D eigenvalue weighted by Crippen LogP contribution is 2.56. The number of hydrogen-bond donors (Lipinski definition) is 0. The number of alkyl halides is 3. The van der Waals surface area contributed by atoms with E-state index in [2.05, 4.69) is 28.9 Å². The standard InChI is InChI=1S/C17H19BrF3NO/c1-15(2)13-8-10-4-5-11(18)9-12(10)16(15,3)6-7-22(13)14(23)17(19,20)21/h4-5,9,13H,6-8H2,1-3H3/t13?,16-/m0/s1. The third-order valence-corrected chi connectivity index (χ3v) is 6.56. The molecule has 1 saturated heterocycles. The van der Waals surface area contributed by atoms with Crippen LogP contribution in [-0.2, 0) is 16.6 Å². The van der Waals surface area contributed by atoms with Gasteiger partial charge in [-0.25, -0.2) is 0 Å². The molecule has 2 aliphatic rings. The molecular formula is C17H19BrF3NO. The predicted molar refractivity (Wildman–Crippen MR) is 85.2 cm³/mol. The van der Waals surface area contributed by atoms with Gasteiger partial charge < -0.3 is 4.90 Å². The van der Waals surface area contributed by atoms with Gasteiger partial charge in [0.15, 0.2) is 0 Å². The van der Waals surface area contributed by atoms with Gasteiger partial charge in [-0.3, -0.25) is 4.79 Å². The number of rotatable bonds is 0. The van der Waals surface area contributed by atoms with E-state index in [0.29, 0.717) is 12.8 Å². The first-order valence-corrected chi connectivity index (χ1v) is 8.44. The molecule has 0 saturated carbocycles. The van der Waals surface area contributed by atoms with Gasteiger partial charge in [-0.2, -0.15) is 13.2 Å². The van der Waals surface area contributed by atoms with Crippen molar-refractivity contribution >= 4 is 21.8 Å². The summed E-state index contributed by atoms with van der Waals surface area (Å²) in [6.07, 6.45) is -3.82. The van der Waals surface area contributed by atoms with E-state index in [1.165, 1.54) is 5.56 Å². The molecule has 0 N–H and O–H groups in total. The van der Waals surface area contributed by atoms with Crippen molar-refractivity contribution in [2.45, 2.75) is 51.2 Å². The SMILES string of the molecule is CC1(C)C2Cc3ccc(Br)cc3[C@]1(C)CCN2C(=O)C(F)(F)F. The van der Waals surface area contributed by atoms with Crippen LogP contribution in [-0.4, -0.2) is 29.6 Å². The summed E-state index contributed by atoms with van der Waals surface area (Å²) in [5.41, 5.74) is 1.55. The summed E-state index contributed by atoms with van der Waals surface area (Å²) in [6.45, 7) is 6.23. The van der Waals surface area contributed by atoms with Crippen LogP contribution < -0.4 is 0 Å². The Morgan fingerprint density at radius 1 is 1.30 bits per heavy atom. The smallest absolute Gasteiger partial charge is 0.331 e. The molecule has 1 aliphatic carbocycles. The van der Waals surface area contributed by atoms with Gasteiger partial charge in [0.2, 0.25) is 0 Å². The molecule has 1 heterocycles. The molecule has 3 rings (SSSR count). The minimum atomic E-state index is -4.82. The minimum absolute atomic E-state index is 0.148.